The van der Waals surface area contributed by atoms with E-state index < -0.39 is 17.5 Å². The Kier molecular flexibility index (Phi) is 5.20. The molecule has 1 aromatic carbocycles. The summed E-state index contributed by atoms with van der Waals surface area (Å²) in [6.07, 6.45) is 0. The highest BCUT2D eigenvalue weighted by Gasteiger charge is 2.14. The molecule has 0 fully saturated rings. The first kappa shape index (κ1) is 16.8. The van der Waals surface area contributed by atoms with Gasteiger partial charge in [0.1, 0.15) is 17.3 Å². The molecule has 0 radical (unpaired) electrons. The topological polar surface area (TPSA) is 58.1 Å². The molecule has 1 heterocycles. The average Bonchev–Trinajstić information content (AvgIpc) is 2.51. The molecule has 7 heteroatoms. The summed E-state index contributed by atoms with van der Waals surface area (Å²) in [4.78, 5) is 22.7. The Morgan fingerprint density at radius 3 is 2.43 bits per heavy atom. The number of nitrogens with zero attached hydrogens (tertiary/aromatic N) is 3. The summed E-state index contributed by atoms with van der Waals surface area (Å²) < 4.78 is 26.1. The van der Waals surface area contributed by atoms with Crippen molar-refractivity contribution >= 4 is 17.4 Å². The second-order valence-electron chi connectivity index (χ2n) is 4.91. The van der Waals surface area contributed by atoms with E-state index in [0.717, 1.165) is 25.2 Å². The number of benzene rings is 1. The standard InChI is InChI=1S/C16H18F2N4O/c1-4-22(5-2)15-9-14(19-10(3)20-15)16(23)21-11-6-7-12(17)13(18)8-11/h6-9H,4-5H2,1-3H3,(H,21,23). The molecule has 0 bridgehead atoms. The van der Waals surface area contributed by atoms with Gasteiger partial charge in [-0.1, -0.05) is 0 Å². The maximum absolute atomic E-state index is 13.2. The zero-order chi connectivity index (χ0) is 17.0. The fourth-order valence-electron chi connectivity index (χ4n) is 2.15. The molecule has 0 unspecified atom stereocenters. The van der Waals surface area contributed by atoms with Crippen LogP contribution in [0.3, 0.4) is 0 Å². The molecule has 5 nitrogen and oxygen atoms in total. The van der Waals surface area contributed by atoms with Gasteiger partial charge in [0.05, 0.1) is 0 Å². The maximum atomic E-state index is 13.2. The van der Waals surface area contributed by atoms with E-state index in [1.54, 1.807) is 13.0 Å². The van der Waals surface area contributed by atoms with E-state index in [1.807, 2.05) is 18.7 Å². The molecule has 23 heavy (non-hydrogen) atoms. The van der Waals surface area contributed by atoms with Crippen LogP contribution in [0.15, 0.2) is 24.3 Å². The lowest BCUT2D eigenvalue weighted by Crippen LogP contribution is -2.24. The van der Waals surface area contributed by atoms with Crippen molar-refractivity contribution < 1.29 is 13.6 Å². The molecule has 2 aromatic rings. The van der Waals surface area contributed by atoms with Crippen molar-refractivity contribution in [2.75, 3.05) is 23.3 Å². The molecular weight excluding hydrogens is 302 g/mol. The van der Waals surface area contributed by atoms with Crippen molar-refractivity contribution in [3.05, 3.63) is 47.4 Å². The highest BCUT2D eigenvalue weighted by Crippen LogP contribution is 2.16. The minimum atomic E-state index is -1.02. The summed E-state index contributed by atoms with van der Waals surface area (Å²) in [5.41, 5.74) is 0.332. The lowest BCUT2D eigenvalue weighted by Gasteiger charge is -2.20. The van der Waals surface area contributed by atoms with Crippen LogP contribution in [0.1, 0.15) is 30.2 Å². The fraction of sp³-hybridized carbons (Fsp3) is 0.312. The third-order valence-electron chi connectivity index (χ3n) is 3.32. The van der Waals surface area contributed by atoms with Gasteiger partial charge in [0.25, 0.3) is 5.91 Å². The monoisotopic (exact) mass is 320 g/mol. The lowest BCUT2D eigenvalue weighted by atomic mass is 10.2. The molecule has 0 aliphatic carbocycles. The average molecular weight is 320 g/mol. The number of aryl methyl sites for hydroxylation is 1. The van der Waals surface area contributed by atoms with E-state index in [-0.39, 0.29) is 11.4 Å². The Balaban J connectivity index is 2.26. The summed E-state index contributed by atoms with van der Waals surface area (Å²) in [6.45, 7) is 7.17. The summed E-state index contributed by atoms with van der Waals surface area (Å²) in [5, 5.41) is 2.50. The minimum Gasteiger partial charge on any atom is -0.357 e. The van der Waals surface area contributed by atoms with Crippen LogP contribution in [-0.2, 0) is 0 Å². The normalized spacial score (nSPS) is 10.5. The van der Waals surface area contributed by atoms with E-state index in [1.165, 1.54) is 6.07 Å². The molecule has 1 N–H and O–H groups in total. The molecule has 0 aliphatic heterocycles. The maximum Gasteiger partial charge on any atom is 0.274 e. The van der Waals surface area contributed by atoms with E-state index in [0.29, 0.717) is 11.6 Å². The Morgan fingerprint density at radius 2 is 1.83 bits per heavy atom. The molecule has 122 valence electrons. The molecule has 0 atom stereocenters. The third-order valence-corrected chi connectivity index (χ3v) is 3.32. The Labute approximate surface area is 133 Å². The van der Waals surface area contributed by atoms with Gasteiger partial charge in [-0.25, -0.2) is 18.7 Å². The molecule has 0 aliphatic rings. The predicted octanol–water partition coefficient (Wildman–Crippen LogP) is 3.16. The van der Waals surface area contributed by atoms with Crippen LogP contribution in [0.25, 0.3) is 0 Å². The van der Waals surface area contributed by atoms with Gasteiger partial charge in [0.2, 0.25) is 0 Å². The molecular formula is C16H18F2N4O. The highest BCUT2D eigenvalue weighted by molar-refractivity contribution is 6.03. The number of nitrogens with one attached hydrogen (secondary N) is 1. The second-order valence-corrected chi connectivity index (χ2v) is 4.91. The zero-order valence-electron chi connectivity index (χ0n) is 13.2. The lowest BCUT2D eigenvalue weighted by molar-refractivity contribution is 0.102. The van der Waals surface area contributed by atoms with Crippen LogP contribution < -0.4 is 10.2 Å². The first-order valence-corrected chi connectivity index (χ1v) is 7.31. The summed E-state index contributed by atoms with van der Waals surface area (Å²) >= 11 is 0. The quantitative estimate of drug-likeness (QED) is 0.919. The molecule has 1 aromatic heterocycles. The van der Waals surface area contributed by atoms with E-state index in [9.17, 15) is 13.6 Å². The number of hydrogen-bond acceptors (Lipinski definition) is 4. The van der Waals surface area contributed by atoms with Gasteiger partial charge in [-0.2, -0.15) is 0 Å². The second kappa shape index (κ2) is 7.13. The largest absolute Gasteiger partial charge is 0.357 e. The van der Waals surface area contributed by atoms with Crippen molar-refractivity contribution in [1.29, 1.82) is 0 Å². The molecule has 0 spiro atoms. The van der Waals surface area contributed by atoms with Gasteiger partial charge in [-0.3, -0.25) is 4.79 Å². The van der Waals surface area contributed by atoms with Crippen LogP contribution >= 0.6 is 0 Å². The zero-order valence-corrected chi connectivity index (χ0v) is 13.2. The Hall–Kier alpha value is -2.57. The predicted molar refractivity (Wildman–Crippen MR) is 84.6 cm³/mol. The van der Waals surface area contributed by atoms with Gasteiger partial charge in [-0.05, 0) is 32.9 Å². The van der Waals surface area contributed by atoms with E-state index in [4.69, 9.17) is 0 Å². The summed E-state index contributed by atoms with van der Waals surface area (Å²) in [6, 6.07) is 4.75. The van der Waals surface area contributed by atoms with Gasteiger partial charge < -0.3 is 10.2 Å². The van der Waals surface area contributed by atoms with E-state index in [2.05, 4.69) is 15.3 Å². The first-order chi connectivity index (χ1) is 10.9. The smallest absolute Gasteiger partial charge is 0.274 e. The number of hydrogen-bond donors (Lipinski definition) is 1. The number of carbonyl (C=O) groups excluding carboxylic acids is 1. The molecule has 0 saturated carbocycles. The third kappa shape index (κ3) is 4.00. The number of aromatic nitrogens is 2. The molecule has 0 saturated heterocycles. The SMILES string of the molecule is CCN(CC)c1cc(C(=O)Nc2ccc(F)c(F)c2)nc(C)n1. The van der Waals surface area contributed by atoms with Crippen LogP contribution in [0, 0.1) is 18.6 Å². The number of amides is 1. The fourth-order valence-corrected chi connectivity index (χ4v) is 2.15. The molecule has 2 rings (SSSR count). The Morgan fingerprint density at radius 1 is 1.13 bits per heavy atom. The number of rotatable bonds is 5. The number of anilines is 2. The van der Waals surface area contributed by atoms with Crippen molar-refractivity contribution in [3.8, 4) is 0 Å². The van der Waals surface area contributed by atoms with Gasteiger partial charge in [0, 0.05) is 30.9 Å². The van der Waals surface area contributed by atoms with Crippen LogP contribution in [0.4, 0.5) is 20.3 Å². The molecule has 1 amide bonds. The van der Waals surface area contributed by atoms with Crippen molar-refractivity contribution in [2.24, 2.45) is 0 Å². The van der Waals surface area contributed by atoms with E-state index >= 15 is 0 Å². The van der Waals surface area contributed by atoms with Crippen molar-refractivity contribution in [3.63, 3.8) is 0 Å². The van der Waals surface area contributed by atoms with Crippen LogP contribution in [0.5, 0.6) is 0 Å². The van der Waals surface area contributed by atoms with Gasteiger partial charge >= 0.3 is 0 Å². The number of halogens is 2. The minimum absolute atomic E-state index is 0.162. The van der Waals surface area contributed by atoms with Crippen LogP contribution in [-0.4, -0.2) is 29.0 Å². The van der Waals surface area contributed by atoms with Crippen molar-refractivity contribution in [2.45, 2.75) is 20.8 Å². The summed E-state index contributed by atoms with van der Waals surface area (Å²) in [5.74, 6) is -1.38. The summed E-state index contributed by atoms with van der Waals surface area (Å²) in [7, 11) is 0. The Bertz CT molecular complexity index is 717. The van der Waals surface area contributed by atoms with Gasteiger partial charge in [0.15, 0.2) is 11.6 Å². The van der Waals surface area contributed by atoms with Crippen molar-refractivity contribution in [1.82, 2.24) is 9.97 Å². The number of carbonyl (C=O) groups is 1. The van der Waals surface area contributed by atoms with Crippen LogP contribution in [0.2, 0.25) is 0 Å². The highest BCUT2D eigenvalue weighted by atomic mass is 19.2. The first-order valence-electron chi connectivity index (χ1n) is 7.31. The van der Waals surface area contributed by atoms with Gasteiger partial charge in [-0.15, -0.1) is 0 Å².